The summed E-state index contributed by atoms with van der Waals surface area (Å²) in [7, 11) is 0. The summed E-state index contributed by atoms with van der Waals surface area (Å²) in [5, 5.41) is 0. The molecule has 2 fully saturated rings. The van der Waals surface area contributed by atoms with Crippen LogP contribution in [0, 0.1) is 5.92 Å². The molecule has 1 spiro atoms. The Balaban J connectivity index is 1.95. The molecule has 0 aromatic carbocycles. The summed E-state index contributed by atoms with van der Waals surface area (Å²) in [4.78, 5) is 0. The van der Waals surface area contributed by atoms with Crippen LogP contribution in [0.2, 0.25) is 0 Å². The molecule has 1 aliphatic carbocycles. The first-order valence-electron chi connectivity index (χ1n) is 5.66. The molecule has 3 unspecified atom stereocenters. The molecule has 0 radical (unpaired) electrons. The molecule has 0 bridgehead atoms. The Morgan fingerprint density at radius 2 is 2.36 bits per heavy atom. The van der Waals surface area contributed by atoms with Crippen LogP contribution in [0.25, 0.3) is 0 Å². The number of hydrogen-bond acceptors (Lipinski definition) is 2. The Labute approximate surface area is 90.9 Å². The Hall–Kier alpha value is 0.210. The lowest BCUT2D eigenvalue weighted by atomic mass is 9.83. The van der Waals surface area contributed by atoms with Gasteiger partial charge in [-0.25, -0.2) is 0 Å². The van der Waals surface area contributed by atoms with E-state index in [1.807, 2.05) is 0 Å². The third kappa shape index (κ3) is 2.07. The Morgan fingerprint density at radius 3 is 3.00 bits per heavy atom. The molecule has 3 heteroatoms. The molecule has 1 saturated carbocycles. The van der Waals surface area contributed by atoms with Crippen molar-refractivity contribution in [2.24, 2.45) is 5.92 Å². The molecule has 2 aliphatic rings. The highest BCUT2D eigenvalue weighted by atomic mass is 35.5. The van der Waals surface area contributed by atoms with Gasteiger partial charge in [0.05, 0.1) is 18.6 Å². The van der Waals surface area contributed by atoms with E-state index in [0.717, 1.165) is 18.8 Å². The molecule has 1 heterocycles. The minimum atomic E-state index is -0.265. The summed E-state index contributed by atoms with van der Waals surface area (Å²) >= 11 is 5.78. The second-order valence-corrected chi connectivity index (χ2v) is 4.80. The topological polar surface area (TPSA) is 18.5 Å². The first-order chi connectivity index (χ1) is 6.78. The first-order valence-corrected chi connectivity index (χ1v) is 6.19. The summed E-state index contributed by atoms with van der Waals surface area (Å²) in [5.41, 5.74) is 0. The standard InChI is InChI=1S/C11H19ClO2/c1-2-9-4-3-5-11(6-9)13-8-10(7-12)14-11/h9-10H,2-8H2,1H3. The highest BCUT2D eigenvalue weighted by Crippen LogP contribution is 2.41. The van der Waals surface area contributed by atoms with E-state index in [1.165, 1.54) is 19.3 Å². The average molecular weight is 219 g/mol. The summed E-state index contributed by atoms with van der Waals surface area (Å²) in [6, 6.07) is 0. The van der Waals surface area contributed by atoms with E-state index < -0.39 is 0 Å². The average Bonchev–Trinajstić information content (AvgIpc) is 2.61. The molecular weight excluding hydrogens is 200 g/mol. The highest BCUT2D eigenvalue weighted by molar-refractivity contribution is 6.18. The van der Waals surface area contributed by atoms with Crippen LogP contribution in [0.5, 0.6) is 0 Å². The van der Waals surface area contributed by atoms with Crippen LogP contribution in [0.1, 0.15) is 39.0 Å². The zero-order valence-electron chi connectivity index (χ0n) is 8.80. The zero-order chi connectivity index (χ0) is 10.0. The van der Waals surface area contributed by atoms with Gasteiger partial charge in [0.25, 0.3) is 0 Å². The third-order valence-electron chi connectivity index (χ3n) is 3.43. The number of rotatable bonds is 2. The summed E-state index contributed by atoms with van der Waals surface area (Å²) in [6.07, 6.45) is 6.03. The van der Waals surface area contributed by atoms with Gasteiger partial charge in [-0.1, -0.05) is 19.8 Å². The fraction of sp³-hybridized carbons (Fsp3) is 1.00. The number of alkyl halides is 1. The fourth-order valence-electron chi connectivity index (χ4n) is 2.58. The second kappa shape index (κ2) is 4.38. The van der Waals surface area contributed by atoms with E-state index in [-0.39, 0.29) is 11.9 Å². The second-order valence-electron chi connectivity index (χ2n) is 4.49. The minimum Gasteiger partial charge on any atom is -0.347 e. The normalized spacial score (nSPS) is 43.3. The quantitative estimate of drug-likeness (QED) is 0.664. The molecular formula is C11H19ClO2. The Bertz CT molecular complexity index is 198. The maximum Gasteiger partial charge on any atom is 0.169 e. The van der Waals surface area contributed by atoms with Crippen molar-refractivity contribution in [3.63, 3.8) is 0 Å². The molecule has 0 aromatic rings. The lowest BCUT2D eigenvalue weighted by molar-refractivity contribution is -0.194. The van der Waals surface area contributed by atoms with Gasteiger partial charge in [0.2, 0.25) is 0 Å². The molecule has 1 aliphatic heterocycles. The first kappa shape index (κ1) is 10.7. The number of hydrogen-bond donors (Lipinski definition) is 0. The zero-order valence-corrected chi connectivity index (χ0v) is 9.55. The van der Waals surface area contributed by atoms with Crippen molar-refractivity contribution in [2.75, 3.05) is 12.5 Å². The van der Waals surface area contributed by atoms with Gasteiger partial charge in [0, 0.05) is 12.8 Å². The molecule has 14 heavy (non-hydrogen) atoms. The monoisotopic (exact) mass is 218 g/mol. The van der Waals surface area contributed by atoms with Crippen LogP contribution in [0.4, 0.5) is 0 Å². The van der Waals surface area contributed by atoms with Crippen molar-refractivity contribution < 1.29 is 9.47 Å². The van der Waals surface area contributed by atoms with Gasteiger partial charge in [-0.15, -0.1) is 11.6 Å². The fourth-order valence-corrected chi connectivity index (χ4v) is 2.74. The maximum atomic E-state index is 5.92. The van der Waals surface area contributed by atoms with Crippen LogP contribution in [0.3, 0.4) is 0 Å². The summed E-state index contributed by atoms with van der Waals surface area (Å²) in [6.45, 7) is 2.93. The highest BCUT2D eigenvalue weighted by Gasteiger charge is 2.44. The number of halogens is 1. The lowest BCUT2D eigenvalue weighted by Gasteiger charge is -2.36. The van der Waals surface area contributed by atoms with Gasteiger partial charge < -0.3 is 9.47 Å². The predicted octanol–water partition coefficient (Wildman–Crippen LogP) is 2.94. The van der Waals surface area contributed by atoms with Crippen molar-refractivity contribution >= 4 is 11.6 Å². The van der Waals surface area contributed by atoms with E-state index in [4.69, 9.17) is 21.1 Å². The van der Waals surface area contributed by atoms with E-state index in [0.29, 0.717) is 12.5 Å². The largest absolute Gasteiger partial charge is 0.347 e. The summed E-state index contributed by atoms with van der Waals surface area (Å²) in [5.74, 6) is 1.06. The van der Waals surface area contributed by atoms with Crippen molar-refractivity contribution in [1.82, 2.24) is 0 Å². The van der Waals surface area contributed by atoms with Gasteiger partial charge in [0.1, 0.15) is 0 Å². The molecule has 0 amide bonds. The van der Waals surface area contributed by atoms with Crippen LogP contribution >= 0.6 is 11.6 Å². The van der Waals surface area contributed by atoms with Crippen molar-refractivity contribution in [3.8, 4) is 0 Å². The minimum absolute atomic E-state index is 0.118. The van der Waals surface area contributed by atoms with E-state index in [1.54, 1.807) is 0 Å². The molecule has 2 rings (SSSR count). The van der Waals surface area contributed by atoms with E-state index >= 15 is 0 Å². The van der Waals surface area contributed by atoms with Gasteiger partial charge in [-0.3, -0.25) is 0 Å². The maximum absolute atomic E-state index is 5.92. The van der Waals surface area contributed by atoms with Crippen LogP contribution in [-0.2, 0) is 9.47 Å². The van der Waals surface area contributed by atoms with Crippen molar-refractivity contribution in [2.45, 2.75) is 50.9 Å². The molecule has 0 N–H and O–H groups in total. The summed E-state index contributed by atoms with van der Waals surface area (Å²) < 4.78 is 11.7. The third-order valence-corrected chi connectivity index (χ3v) is 3.78. The molecule has 1 saturated heterocycles. The van der Waals surface area contributed by atoms with Gasteiger partial charge in [-0.05, 0) is 12.3 Å². The van der Waals surface area contributed by atoms with Gasteiger partial charge in [0.15, 0.2) is 5.79 Å². The van der Waals surface area contributed by atoms with Crippen molar-refractivity contribution in [1.29, 1.82) is 0 Å². The lowest BCUT2D eigenvalue weighted by Crippen LogP contribution is -2.37. The van der Waals surface area contributed by atoms with E-state index in [2.05, 4.69) is 6.92 Å². The molecule has 2 nitrogen and oxygen atoms in total. The Kier molecular flexibility index (Phi) is 3.35. The van der Waals surface area contributed by atoms with Gasteiger partial charge >= 0.3 is 0 Å². The van der Waals surface area contributed by atoms with Crippen molar-refractivity contribution in [3.05, 3.63) is 0 Å². The predicted molar refractivity (Wildman–Crippen MR) is 56.5 cm³/mol. The smallest absolute Gasteiger partial charge is 0.169 e. The molecule has 82 valence electrons. The van der Waals surface area contributed by atoms with Gasteiger partial charge in [-0.2, -0.15) is 0 Å². The molecule has 3 atom stereocenters. The number of ether oxygens (including phenoxy) is 2. The van der Waals surface area contributed by atoms with Crippen LogP contribution in [0.15, 0.2) is 0 Å². The van der Waals surface area contributed by atoms with Crippen LogP contribution in [-0.4, -0.2) is 24.4 Å². The Morgan fingerprint density at radius 1 is 1.50 bits per heavy atom. The van der Waals surface area contributed by atoms with E-state index in [9.17, 15) is 0 Å². The molecule has 0 aromatic heterocycles. The SMILES string of the molecule is CCC1CCCC2(C1)OCC(CCl)O2. The van der Waals surface area contributed by atoms with Crippen LogP contribution < -0.4 is 0 Å².